The molecule has 0 saturated heterocycles. The Morgan fingerprint density at radius 3 is 1.96 bits per heavy atom. The van der Waals surface area contributed by atoms with Crippen molar-refractivity contribution in [1.29, 1.82) is 0 Å². The molecule has 0 N–H and O–H groups in total. The van der Waals surface area contributed by atoms with Gasteiger partial charge in [-0.25, -0.2) is 0 Å². The lowest BCUT2D eigenvalue weighted by Gasteiger charge is -2.18. The topological polar surface area (TPSA) is 61.8 Å². The van der Waals surface area contributed by atoms with Crippen LogP contribution in [0.4, 0.5) is 0 Å². The second-order valence-electron chi connectivity index (χ2n) is 6.13. The second kappa shape index (κ2) is 7.50. The number of methoxy groups -OCH3 is 1. The third-order valence-corrected chi connectivity index (χ3v) is 4.20. The van der Waals surface area contributed by atoms with Crippen LogP contribution in [0.1, 0.15) is 19.4 Å². The summed E-state index contributed by atoms with van der Waals surface area (Å²) in [5.41, 5.74) is 2.54. The number of carbonyl (C=O) groups excluding carboxylic acids is 2. The maximum atomic E-state index is 11.7. The quantitative estimate of drug-likeness (QED) is 0.497. The summed E-state index contributed by atoms with van der Waals surface area (Å²) in [5.74, 6) is 0.170. The van der Waals surface area contributed by atoms with Gasteiger partial charge in [0.05, 0.1) is 7.11 Å². The molecule has 0 unspecified atom stereocenters. The van der Waals surface area contributed by atoms with E-state index in [2.05, 4.69) is 0 Å². The molecule has 0 aliphatic rings. The van der Waals surface area contributed by atoms with Gasteiger partial charge >= 0.3 is 11.9 Å². The predicted molar refractivity (Wildman–Crippen MR) is 103 cm³/mol. The summed E-state index contributed by atoms with van der Waals surface area (Å²) in [4.78, 5) is 23.3. The molecule has 27 heavy (non-hydrogen) atoms. The van der Waals surface area contributed by atoms with Crippen LogP contribution >= 0.6 is 0 Å². The number of hydrogen-bond acceptors (Lipinski definition) is 5. The highest BCUT2D eigenvalue weighted by atomic mass is 16.6. The minimum absolute atomic E-state index is 0.311. The van der Waals surface area contributed by atoms with Gasteiger partial charge in [-0.3, -0.25) is 9.59 Å². The first kappa shape index (κ1) is 18.5. The van der Waals surface area contributed by atoms with Crippen LogP contribution < -0.4 is 14.2 Å². The van der Waals surface area contributed by atoms with E-state index in [4.69, 9.17) is 14.2 Å². The van der Waals surface area contributed by atoms with Crippen molar-refractivity contribution in [1.82, 2.24) is 0 Å². The molecule has 0 aliphatic carbocycles. The van der Waals surface area contributed by atoms with E-state index in [1.807, 2.05) is 48.5 Å². The zero-order valence-electron chi connectivity index (χ0n) is 15.7. The Morgan fingerprint density at radius 1 is 0.741 bits per heavy atom. The summed E-state index contributed by atoms with van der Waals surface area (Å²) in [6.07, 6.45) is 0. The summed E-state index contributed by atoms with van der Waals surface area (Å²) < 4.78 is 16.4. The number of benzene rings is 3. The molecule has 5 heteroatoms. The molecule has 0 heterocycles. The van der Waals surface area contributed by atoms with Crippen molar-refractivity contribution >= 4 is 22.7 Å². The molecule has 0 aliphatic heterocycles. The van der Waals surface area contributed by atoms with Gasteiger partial charge in [0, 0.05) is 30.2 Å². The molecular weight excluding hydrogens is 344 g/mol. The zero-order valence-corrected chi connectivity index (χ0v) is 15.7. The van der Waals surface area contributed by atoms with Crippen LogP contribution in [-0.4, -0.2) is 19.0 Å². The lowest BCUT2D eigenvalue weighted by Crippen LogP contribution is -2.08. The van der Waals surface area contributed by atoms with Gasteiger partial charge < -0.3 is 14.2 Å². The summed E-state index contributed by atoms with van der Waals surface area (Å²) in [6.45, 7) is 4.44. The van der Waals surface area contributed by atoms with E-state index < -0.39 is 11.9 Å². The minimum atomic E-state index is -0.459. The lowest BCUT2D eigenvalue weighted by molar-refractivity contribution is -0.133. The molecule has 5 nitrogen and oxygen atoms in total. The molecule has 3 aromatic rings. The molecule has 138 valence electrons. The number of hydrogen-bond donors (Lipinski definition) is 0. The standard InChI is InChI=1S/C22H20O5/c1-13-20(26-14(2)23)18-11-10-17(16-8-6-5-7-9-16)12-19(18)22(21(13)25-4)27-15(3)24/h5-12H,1-4H3. The molecule has 0 aromatic heterocycles. The molecule has 0 saturated carbocycles. The van der Waals surface area contributed by atoms with Crippen molar-refractivity contribution < 1.29 is 23.8 Å². The summed E-state index contributed by atoms with van der Waals surface area (Å²) in [7, 11) is 1.49. The number of esters is 2. The number of ether oxygens (including phenoxy) is 3. The molecule has 0 radical (unpaired) electrons. The minimum Gasteiger partial charge on any atom is -0.492 e. The molecular formula is C22H20O5. The third-order valence-electron chi connectivity index (χ3n) is 4.20. The van der Waals surface area contributed by atoms with Gasteiger partial charge in [-0.15, -0.1) is 0 Å². The zero-order chi connectivity index (χ0) is 19.6. The van der Waals surface area contributed by atoms with Gasteiger partial charge in [0.1, 0.15) is 5.75 Å². The molecule has 0 bridgehead atoms. The summed E-state index contributed by atoms with van der Waals surface area (Å²) in [6, 6.07) is 15.5. The first-order valence-electron chi connectivity index (χ1n) is 8.49. The summed E-state index contributed by atoms with van der Waals surface area (Å²) in [5, 5.41) is 1.30. The van der Waals surface area contributed by atoms with E-state index in [0.29, 0.717) is 33.6 Å². The van der Waals surface area contributed by atoms with Gasteiger partial charge in [-0.2, -0.15) is 0 Å². The van der Waals surface area contributed by atoms with Crippen LogP contribution in [-0.2, 0) is 9.59 Å². The van der Waals surface area contributed by atoms with Gasteiger partial charge in [0.15, 0.2) is 11.5 Å². The van der Waals surface area contributed by atoms with Crippen LogP contribution in [0.3, 0.4) is 0 Å². The van der Waals surface area contributed by atoms with E-state index in [1.165, 1.54) is 21.0 Å². The number of fused-ring (bicyclic) bond motifs is 1. The molecule has 0 fully saturated rings. The smallest absolute Gasteiger partial charge is 0.308 e. The second-order valence-corrected chi connectivity index (χ2v) is 6.13. The third kappa shape index (κ3) is 3.62. The SMILES string of the molecule is COc1c(C)c(OC(C)=O)c2ccc(-c3ccccc3)cc2c1OC(C)=O. The predicted octanol–water partition coefficient (Wildman–Crippen LogP) is 4.67. The van der Waals surface area contributed by atoms with Gasteiger partial charge in [0.2, 0.25) is 0 Å². The molecule has 0 spiro atoms. The number of rotatable bonds is 4. The highest BCUT2D eigenvalue weighted by molar-refractivity contribution is 6.01. The maximum Gasteiger partial charge on any atom is 0.308 e. The molecule has 0 amide bonds. The molecule has 0 atom stereocenters. The van der Waals surface area contributed by atoms with Crippen molar-refractivity contribution in [2.75, 3.05) is 7.11 Å². The van der Waals surface area contributed by atoms with Crippen LogP contribution in [0.15, 0.2) is 48.5 Å². The average molecular weight is 364 g/mol. The Morgan fingerprint density at radius 2 is 1.37 bits per heavy atom. The van der Waals surface area contributed by atoms with Gasteiger partial charge in [-0.1, -0.05) is 36.4 Å². The average Bonchev–Trinajstić information content (AvgIpc) is 2.65. The van der Waals surface area contributed by atoms with Crippen molar-refractivity contribution in [2.45, 2.75) is 20.8 Å². The lowest BCUT2D eigenvalue weighted by atomic mass is 9.98. The fraction of sp³-hybridized carbons (Fsp3) is 0.182. The normalized spacial score (nSPS) is 10.5. The van der Waals surface area contributed by atoms with Gasteiger partial charge in [-0.05, 0) is 30.2 Å². The Bertz CT molecular complexity index is 1020. The molecule has 3 aromatic carbocycles. The van der Waals surface area contributed by atoms with Crippen molar-refractivity contribution in [3.05, 3.63) is 54.1 Å². The van der Waals surface area contributed by atoms with Crippen LogP contribution in [0.2, 0.25) is 0 Å². The largest absolute Gasteiger partial charge is 0.492 e. The maximum absolute atomic E-state index is 11.7. The van der Waals surface area contributed by atoms with E-state index >= 15 is 0 Å². The number of carbonyl (C=O) groups is 2. The Hall–Kier alpha value is -3.34. The fourth-order valence-corrected chi connectivity index (χ4v) is 3.10. The Kier molecular flexibility index (Phi) is 5.12. The van der Waals surface area contributed by atoms with Crippen LogP contribution in [0.25, 0.3) is 21.9 Å². The first-order valence-corrected chi connectivity index (χ1v) is 8.49. The fourth-order valence-electron chi connectivity index (χ4n) is 3.10. The Labute approximate surface area is 157 Å². The van der Waals surface area contributed by atoms with Crippen LogP contribution in [0.5, 0.6) is 17.2 Å². The monoisotopic (exact) mass is 364 g/mol. The summed E-state index contributed by atoms with van der Waals surface area (Å²) >= 11 is 0. The highest BCUT2D eigenvalue weighted by Gasteiger charge is 2.22. The van der Waals surface area contributed by atoms with E-state index in [0.717, 1.165) is 11.1 Å². The van der Waals surface area contributed by atoms with Crippen LogP contribution in [0, 0.1) is 6.92 Å². The Balaban J connectivity index is 2.36. The van der Waals surface area contributed by atoms with Crippen molar-refractivity contribution in [2.24, 2.45) is 0 Å². The molecule has 3 rings (SSSR count). The van der Waals surface area contributed by atoms with Crippen molar-refractivity contribution in [3.8, 4) is 28.4 Å². The first-order chi connectivity index (χ1) is 12.9. The van der Waals surface area contributed by atoms with E-state index in [1.54, 1.807) is 6.92 Å². The van der Waals surface area contributed by atoms with E-state index in [-0.39, 0.29) is 0 Å². The van der Waals surface area contributed by atoms with Crippen molar-refractivity contribution in [3.63, 3.8) is 0 Å². The van der Waals surface area contributed by atoms with E-state index in [9.17, 15) is 9.59 Å². The highest BCUT2D eigenvalue weighted by Crippen LogP contribution is 2.46. The van der Waals surface area contributed by atoms with Gasteiger partial charge in [0.25, 0.3) is 0 Å².